The number of fused-ring (bicyclic) bond motifs is 5. The number of ketones is 1. The molecule has 2 nitrogen and oxygen atoms in total. The summed E-state index contributed by atoms with van der Waals surface area (Å²) in [5, 5.41) is 0. The highest BCUT2D eigenvalue weighted by molar-refractivity contribution is 5.87. The van der Waals surface area contributed by atoms with E-state index in [9.17, 15) is 4.79 Å². The molecule has 0 aliphatic heterocycles. The molecule has 0 saturated heterocycles. The van der Waals surface area contributed by atoms with Crippen LogP contribution in [0, 0.1) is 17.3 Å². The van der Waals surface area contributed by atoms with Crippen LogP contribution in [-0.4, -0.2) is 12.9 Å². The third-order valence-corrected chi connectivity index (χ3v) is 6.64. The summed E-state index contributed by atoms with van der Waals surface area (Å²) in [7, 11) is 1.74. The van der Waals surface area contributed by atoms with Gasteiger partial charge < -0.3 is 4.74 Å². The highest BCUT2D eigenvalue weighted by Gasteiger charge is 2.54. The van der Waals surface area contributed by atoms with Crippen molar-refractivity contribution < 1.29 is 9.53 Å². The largest absolute Gasteiger partial charge is 0.497 e. The molecular formula is C19H24O2. The Morgan fingerprint density at radius 3 is 2.86 bits per heavy atom. The SMILES string of the molecule is COc1ccc2c(c1)CCC1[C@@H]2CC[C@]2(C)C(=O)CC[C@@H]12. The summed E-state index contributed by atoms with van der Waals surface area (Å²) in [6.07, 6.45) is 6.61. The van der Waals surface area contributed by atoms with Crippen LogP contribution in [0.4, 0.5) is 0 Å². The first kappa shape index (κ1) is 13.4. The minimum atomic E-state index is -0.00879. The van der Waals surface area contributed by atoms with Gasteiger partial charge in [0.1, 0.15) is 11.5 Å². The van der Waals surface area contributed by atoms with Crippen LogP contribution in [0.2, 0.25) is 0 Å². The van der Waals surface area contributed by atoms with Crippen molar-refractivity contribution in [3.05, 3.63) is 29.3 Å². The van der Waals surface area contributed by atoms with Crippen molar-refractivity contribution in [1.29, 1.82) is 0 Å². The molecule has 0 spiro atoms. The van der Waals surface area contributed by atoms with E-state index in [0.29, 0.717) is 17.6 Å². The molecule has 1 unspecified atom stereocenters. The summed E-state index contributed by atoms with van der Waals surface area (Å²) in [6, 6.07) is 6.61. The molecule has 0 bridgehead atoms. The summed E-state index contributed by atoms with van der Waals surface area (Å²) in [5.74, 6) is 3.52. The predicted molar refractivity (Wildman–Crippen MR) is 82.6 cm³/mol. The van der Waals surface area contributed by atoms with Crippen LogP contribution in [0.1, 0.15) is 56.1 Å². The molecule has 2 saturated carbocycles. The number of benzene rings is 1. The Labute approximate surface area is 126 Å². The predicted octanol–water partition coefficient (Wildman–Crippen LogP) is 4.12. The second-order valence-electron chi connectivity index (χ2n) is 7.40. The van der Waals surface area contributed by atoms with Gasteiger partial charge in [-0.05, 0) is 73.1 Å². The first-order valence-electron chi connectivity index (χ1n) is 8.33. The van der Waals surface area contributed by atoms with Gasteiger partial charge in [0.15, 0.2) is 0 Å². The fourth-order valence-corrected chi connectivity index (χ4v) is 5.46. The van der Waals surface area contributed by atoms with E-state index in [1.54, 1.807) is 7.11 Å². The van der Waals surface area contributed by atoms with E-state index in [0.717, 1.165) is 37.4 Å². The van der Waals surface area contributed by atoms with Crippen molar-refractivity contribution in [3.63, 3.8) is 0 Å². The molecule has 0 amide bonds. The highest BCUT2D eigenvalue weighted by Crippen LogP contribution is 2.59. The van der Waals surface area contributed by atoms with E-state index in [1.807, 2.05) is 0 Å². The minimum absolute atomic E-state index is 0.00879. The van der Waals surface area contributed by atoms with Gasteiger partial charge in [-0.25, -0.2) is 0 Å². The van der Waals surface area contributed by atoms with E-state index in [1.165, 1.54) is 24.0 Å². The van der Waals surface area contributed by atoms with Gasteiger partial charge in [-0.1, -0.05) is 13.0 Å². The average molecular weight is 284 g/mol. The molecule has 2 fully saturated rings. The van der Waals surface area contributed by atoms with Crippen LogP contribution < -0.4 is 4.74 Å². The van der Waals surface area contributed by atoms with Gasteiger partial charge in [0.25, 0.3) is 0 Å². The number of carbonyl (C=O) groups is 1. The lowest BCUT2D eigenvalue weighted by Crippen LogP contribution is -2.42. The molecule has 1 aromatic rings. The van der Waals surface area contributed by atoms with E-state index >= 15 is 0 Å². The molecule has 0 N–H and O–H groups in total. The van der Waals surface area contributed by atoms with Crippen LogP contribution in [0.15, 0.2) is 18.2 Å². The zero-order valence-corrected chi connectivity index (χ0v) is 13.0. The Balaban J connectivity index is 1.70. The number of carbonyl (C=O) groups excluding carboxylic acids is 1. The van der Waals surface area contributed by atoms with Gasteiger partial charge in [0, 0.05) is 11.8 Å². The molecule has 3 aliphatic carbocycles. The normalized spacial score (nSPS) is 37.6. The summed E-state index contributed by atoms with van der Waals surface area (Å²) >= 11 is 0. The number of hydrogen-bond acceptors (Lipinski definition) is 2. The summed E-state index contributed by atoms with van der Waals surface area (Å²) in [5.41, 5.74) is 3.00. The van der Waals surface area contributed by atoms with Crippen molar-refractivity contribution >= 4 is 5.78 Å². The Kier molecular flexibility index (Phi) is 2.92. The molecule has 4 atom stereocenters. The standard InChI is InChI=1S/C19H24O2/c1-19-10-9-15-14-6-4-13(21-2)11-12(14)3-5-16(15)17(19)7-8-18(19)20/h4,6,11,15-17H,3,5,7-10H2,1-2H3/t15-,16?,17+,19+/m1/s1. The van der Waals surface area contributed by atoms with Crippen molar-refractivity contribution in [2.45, 2.75) is 51.4 Å². The van der Waals surface area contributed by atoms with E-state index in [2.05, 4.69) is 25.1 Å². The summed E-state index contributed by atoms with van der Waals surface area (Å²) in [4.78, 5) is 12.3. The molecule has 112 valence electrons. The summed E-state index contributed by atoms with van der Waals surface area (Å²) < 4.78 is 5.37. The maximum Gasteiger partial charge on any atom is 0.139 e. The second-order valence-corrected chi connectivity index (χ2v) is 7.40. The number of methoxy groups -OCH3 is 1. The van der Waals surface area contributed by atoms with Crippen molar-refractivity contribution in [2.24, 2.45) is 17.3 Å². The topological polar surface area (TPSA) is 26.3 Å². The molecular weight excluding hydrogens is 260 g/mol. The van der Waals surface area contributed by atoms with Crippen molar-refractivity contribution in [1.82, 2.24) is 0 Å². The molecule has 1 aromatic carbocycles. The number of rotatable bonds is 1. The first-order chi connectivity index (χ1) is 10.1. The van der Waals surface area contributed by atoms with Crippen LogP contribution in [0.5, 0.6) is 5.75 Å². The molecule has 21 heavy (non-hydrogen) atoms. The third kappa shape index (κ3) is 1.81. The third-order valence-electron chi connectivity index (χ3n) is 6.64. The zero-order chi connectivity index (χ0) is 14.6. The molecule has 0 aromatic heterocycles. The number of hydrogen-bond donors (Lipinski definition) is 0. The van der Waals surface area contributed by atoms with Crippen LogP contribution >= 0.6 is 0 Å². The van der Waals surface area contributed by atoms with Gasteiger partial charge in [-0.3, -0.25) is 4.79 Å². The number of aryl methyl sites for hydroxylation is 1. The van der Waals surface area contributed by atoms with E-state index in [4.69, 9.17) is 4.74 Å². The monoisotopic (exact) mass is 284 g/mol. The van der Waals surface area contributed by atoms with Crippen molar-refractivity contribution in [2.75, 3.05) is 7.11 Å². The molecule has 2 heteroatoms. The molecule has 3 aliphatic rings. The fraction of sp³-hybridized carbons (Fsp3) is 0.632. The molecule has 0 heterocycles. The van der Waals surface area contributed by atoms with Crippen LogP contribution in [0.3, 0.4) is 0 Å². The first-order valence-corrected chi connectivity index (χ1v) is 8.33. The smallest absolute Gasteiger partial charge is 0.139 e. The average Bonchev–Trinajstić information content (AvgIpc) is 2.82. The minimum Gasteiger partial charge on any atom is -0.497 e. The van der Waals surface area contributed by atoms with E-state index in [-0.39, 0.29) is 5.41 Å². The Morgan fingerprint density at radius 2 is 2.05 bits per heavy atom. The lowest BCUT2D eigenvalue weighted by molar-refractivity contribution is -0.129. The molecule has 0 radical (unpaired) electrons. The molecule has 4 rings (SSSR count). The Hall–Kier alpha value is -1.31. The maximum absolute atomic E-state index is 12.3. The Morgan fingerprint density at radius 1 is 1.19 bits per heavy atom. The van der Waals surface area contributed by atoms with Crippen molar-refractivity contribution in [3.8, 4) is 5.75 Å². The van der Waals surface area contributed by atoms with Gasteiger partial charge in [0.2, 0.25) is 0 Å². The Bertz CT molecular complexity index is 591. The van der Waals surface area contributed by atoms with Gasteiger partial charge in [-0.15, -0.1) is 0 Å². The van der Waals surface area contributed by atoms with Crippen LogP contribution in [-0.2, 0) is 11.2 Å². The van der Waals surface area contributed by atoms with Gasteiger partial charge >= 0.3 is 0 Å². The lowest BCUT2D eigenvalue weighted by atomic mass is 9.55. The fourth-order valence-electron chi connectivity index (χ4n) is 5.46. The second kappa shape index (κ2) is 4.59. The van der Waals surface area contributed by atoms with Gasteiger partial charge in [0.05, 0.1) is 7.11 Å². The van der Waals surface area contributed by atoms with E-state index < -0.39 is 0 Å². The lowest BCUT2D eigenvalue weighted by Gasteiger charge is -2.48. The number of Topliss-reactive ketones (excluding diaryl/α,β-unsaturated/α-hetero) is 1. The maximum atomic E-state index is 12.3. The van der Waals surface area contributed by atoms with Crippen LogP contribution in [0.25, 0.3) is 0 Å². The highest BCUT2D eigenvalue weighted by atomic mass is 16.5. The summed E-state index contributed by atoms with van der Waals surface area (Å²) in [6.45, 7) is 2.24. The quantitative estimate of drug-likeness (QED) is 0.775. The zero-order valence-electron chi connectivity index (χ0n) is 13.0. The van der Waals surface area contributed by atoms with Gasteiger partial charge in [-0.2, -0.15) is 0 Å². The number of ether oxygens (including phenoxy) is 1.